The lowest BCUT2D eigenvalue weighted by molar-refractivity contribution is -0.136. The van der Waals surface area contributed by atoms with Crippen molar-refractivity contribution in [3.05, 3.63) is 0 Å². The number of carboxylic acids is 1. The van der Waals surface area contributed by atoms with Gasteiger partial charge in [-0.15, -0.1) is 0 Å². The zero-order chi connectivity index (χ0) is 11.6. The summed E-state index contributed by atoms with van der Waals surface area (Å²) in [6.07, 6.45) is 3.00. The maximum atomic E-state index is 12.0. The minimum Gasteiger partial charge on any atom is -0.480 e. The van der Waals surface area contributed by atoms with Gasteiger partial charge in [0.05, 0.1) is 0 Å². The highest BCUT2D eigenvalue weighted by molar-refractivity contribution is 7.87. The minimum atomic E-state index is -1.22. The van der Waals surface area contributed by atoms with Gasteiger partial charge in [-0.25, -0.2) is 0 Å². The normalized spacial score (nSPS) is 35.8. The zero-order valence-corrected chi connectivity index (χ0v) is 10.4. The van der Waals surface area contributed by atoms with Crippen LogP contribution in [0.1, 0.15) is 40.0 Å². The highest BCUT2D eigenvalue weighted by atomic mass is 32.2. The van der Waals surface area contributed by atoms with Gasteiger partial charge in [-0.1, -0.05) is 13.8 Å². The fourth-order valence-electron chi connectivity index (χ4n) is 2.45. The summed E-state index contributed by atoms with van der Waals surface area (Å²) in [4.78, 5) is 10.8. The predicted molar refractivity (Wildman–Crippen MR) is 61.2 cm³/mol. The van der Waals surface area contributed by atoms with Crippen molar-refractivity contribution in [3.8, 4) is 0 Å². The molecule has 0 spiro atoms. The number of carboxylic acid groups (broad SMARTS) is 1. The van der Waals surface area contributed by atoms with E-state index in [2.05, 4.69) is 13.8 Å². The summed E-state index contributed by atoms with van der Waals surface area (Å²) in [5.41, 5.74) is 0. The fourth-order valence-corrected chi connectivity index (χ4v) is 4.26. The monoisotopic (exact) mass is 232 g/mol. The van der Waals surface area contributed by atoms with Crippen LogP contribution in [-0.2, 0) is 15.6 Å². The van der Waals surface area contributed by atoms with Crippen molar-refractivity contribution in [1.82, 2.24) is 0 Å². The molecule has 15 heavy (non-hydrogen) atoms. The summed E-state index contributed by atoms with van der Waals surface area (Å²) >= 11 is 0. The third-order valence-electron chi connectivity index (χ3n) is 3.16. The minimum absolute atomic E-state index is 0.0786. The van der Waals surface area contributed by atoms with Crippen LogP contribution in [0.5, 0.6) is 0 Å². The lowest BCUT2D eigenvalue weighted by Gasteiger charge is -2.31. The lowest BCUT2D eigenvalue weighted by atomic mass is 9.83. The van der Waals surface area contributed by atoms with E-state index in [-0.39, 0.29) is 5.25 Å². The van der Waals surface area contributed by atoms with Crippen molar-refractivity contribution in [3.63, 3.8) is 0 Å². The van der Waals surface area contributed by atoms with E-state index in [0.29, 0.717) is 11.8 Å². The molecule has 1 N–H and O–H groups in total. The summed E-state index contributed by atoms with van der Waals surface area (Å²) < 4.78 is 12.0. The Morgan fingerprint density at radius 3 is 2.13 bits per heavy atom. The summed E-state index contributed by atoms with van der Waals surface area (Å²) in [7, 11) is -1.22. The zero-order valence-electron chi connectivity index (χ0n) is 9.60. The van der Waals surface area contributed by atoms with Gasteiger partial charge in [0.15, 0.2) is 0 Å². The molecule has 0 heterocycles. The van der Waals surface area contributed by atoms with Gasteiger partial charge in [0, 0.05) is 16.0 Å². The molecule has 0 bridgehead atoms. The van der Waals surface area contributed by atoms with E-state index in [4.69, 9.17) is 5.11 Å². The second kappa shape index (κ2) is 5.10. The Morgan fingerprint density at radius 2 is 1.73 bits per heavy atom. The van der Waals surface area contributed by atoms with Gasteiger partial charge in [-0.05, 0) is 38.0 Å². The highest BCUT2D eigenvalue weighted by Gasteiger charge is 2.32. The van der Waals surface area contributed by atoms with E-state index in [9.17, 15) is 9.00 Å². The van der Waals surface area contributed by atoms with Crippen LogP contribution in [0.15, 0.2) is 0 Å². The number of rotatable bonds is 3. The first-order valence-electron chi connectivity index (χ1n) is 5.54. The number of aliphatic carboxylic acids is 1. The summed E-state index contributed by atoms with van der Waals surface area (Å²) in [5, 5.41) is 8.17. The summed E-state index contributed by atoms with van der Waals surface area (Å²) in [6, 6.07) is 0. The average molecular weight is 232 g/mol. The molecule has 1 aliphatic carbocycles. The molecule has 0 radical (unpaired) electrons. The first-order chi connectivity index (χ1) is 6.91. The Labute approximate surface area is 93.7 Å². The predicted octanol–water partition coefficient (Wildman–Crippen LogP) is 2.03. The smallest absolute Gasteiger partial charge is 0.318 e. The van der Waals surface area contributed by atoms with Crippen LogP contribution < -0.4 is 0 Å². The first-order valence-corrected chi connectivity index (χ1v) is 6.81. The van der Waals surface area contributed by atoms with Gasteiger partial charge in [-0.2, -0.15) is 0 Å². The average Bonchev–Trinajstić information content (AvgIpc) is 2.13. The van der Waals surface area contributed by atoms with Gasteiger partial charge in [0.2, 0.25) is 0 Å². The van der Waals surface area contributed by atoms with Crippen molar-refractivity contribution in [2.45, 2.75) is 50.5 Å². The van der Waals surface area contributed by atoms with Crippen LogP contribution in [0.2, 0.25) is 0 Å². The SMILES string of the molecule is CC1CC(C)CC(S(=O)C(C)C(=O)O)C1. The third-order valence-corrected chi connectivity index (χ3v) is 5.10. The molecular formula is C11H20O3S. The van der Waals surface area contributed by atoms with Crippen LogP contribution in [-0.4, -0.2) is 25.8 Å². The van der Waals surface area contributed by atoms with Crippen LogP contribution >= 0.6 is 0 Å². The van der Waals surface area contributed by atoms with Crippen molar-refractivity contribution in [1.29, 1.82) is 0 Å². The first kappa shape index (κ1) is 12.7. The van der Waals surface area contributed by atoms with E-state index < -0.39 is 22.0 Å². The molecule has 0 amide bonds. The van der Waals surface area contributed by atoms with Crippen LogP contribution in [0, 0.1) is 11.8 Å². The number of hydrogen-bond donors (Lipinski definition) is 1. The molecule has 0 aromatic heterocycles. The third kappa shape index (κ3) is 3.30. The molecule has 1 saturated carbocycles. The molecule has 0 aromatic carbocycles. The number of carbonyl (C=O) groups is 1. The van der Waals surface area contributed by atoms with Gasteiger partial charge in [0.1, 0.15) is 5.25 Å². The van der Waals surface area contributed by atoms with E-state index in [1.807, 2.05) is 0 Å². The van der Waals surface area contributed by atoms with Crippen molar-refractivity contribution >= 4 is 16.8 Å². The maximum absolute atomic E-state index is 12.0. The molecular weight excluding hydrogens is 212 g/mol. The molecule has 0 aromatic rings. The molecule has 88 valence electrons. The molecule has 4 heteroatoms. The van der Waals surface area contributed by atoms with Gasteiger partial charge >= 0.3 is 5.97 Å². The van der Waals surface area contributed by atoms with Crippen molar-refractivity contribution in [2.75, 3.05) is 0 Å². The molecule has 4 unspecified atom stereocenters. The Kier molecular flexibility index (Phi) is 4.32. The Bertz CT molecular complexity index is 255. The van der Waals surface area contributed by atoms with Gasteiger partial charge in [-0.3, -0.25) is 9.00 Å². The standard InChI is InChI=1S/C11H20O3S/c1-7-4-8(2)6-10(5-7)15(14)9(3)11(12)13/h7-10H,4-6H2,1-3H3,(H,12,13). The van der Waals surface area contributed by atoms with Crippen LogP contribution in [0.25, 0.3) is 0 Å². The van der Waals surface area contributed by atoms with E-state index >= 15 is 0 Å². The fraction of sp³-hybridized carbons (Fsp3) is 0.909. The second-order valence-corrected chi connectivity index (χ2v) is 6.88. The van der Waals surface area contributed by atoms with E-state index in [0.717, 1.165) is 12.8 Å². The highest BCUT2D eigenvalue weighted by Crippen LogP contribution is 2.32. The summed E-state index contributed by atoms with van der Waals surface area (Å²) in [5.74, 6) is 0.201. The van der Waals surface area contributed by atoms with Crippen LogP contribution in [0.3, 0.4) is 0 Å². The Balaban J connectivity index is 2.63. The van der Waals surface area contributed by atoms with Crippen molar-refractivity contribution in [2.24, 2.45) is 11.8 Å². The number of hydrogen-bond acceptors (Lipinski definition) is 2. The van der Waals surface area contributed by atoms with Gasteiger partial charge < -0.3 is 5.11 Å². The molecule has 1 fully saturated rings. The maximum Gasteiger partial charge on any atom is 0.318 e. The second-order valence-electron chi connectivity index (χ2n) is 4.85. The Hall–Kier alpha value is -0.380. The van der Waals surface area contributed by atoms with E-state index in [1.54, 1.807) is 6.92 Å². The molecule has 0 saturated heterocycles. The molecule has 4 atom stereocenters. The van der Waals surface area contributed by atoms with Gasteiger partial charge in [0.25, 0.3) is 0 Å². The Morgan fingerprint density at radius 1 is 1.27 bits per heavy atom. The quantitative estimate of drug-likeness (QED) is 0.810. The molecule has 1 aliphatic rings. The van der Waals surface area contributed by atoms with Crippen LogP contribution in [0.4, 0.5) is 0 Å². The lowest BCUT2D eigenvalue weighted by Crippen LogP contribution is -2.35. The van der Waals surface area contributed by atoms with E-state index in [1.165, 1.54) is 6.42 Å². The topological polar surface area (TPSA) is 54.4 Å². The molecule has 3 nitrogen and oxygen atoms in total. The molecule has 0 aliphatic heterocycles. The summed E-state index contributed by atoms with van der Waals surface area (Å²) in [6.45, 7) is 5.86. The molecule has 1 rings (SSSR count). The largest absolute Gasteiger partial charge is 0.480 e. The van der Waals surface area contributed by atoms with Crippen molar-refractivity contribution < 1.29 is 14.1 Å².